The fourth-order valence-electron chi connectivity index (χ4n) is 2.35. The summed E-state index contributed by atoms with van der Waals surface area (Å²) in [6.45, 7) is 5.03. The van der Waals surface area contributed by atoms with Crippen LogP contribution in [0.4, 0.5) is 10.8 Å². The van der Waals surface area contributed by atoms with Crippen LogP contribution in [0.5, 0.6) is 5.75 Å². The van der Waals surface area contributed by atoms with E-state index in [1.54, 1.807) is 6.92 Å². The Balaban J connectivity index is 2.05. The van der Waals surface area contributed by atoms with Crippen LogP contribution in [0.3, 0.4) is 0 Å². The molecule has 0 saturated carbocycles. The van der Waals surface area contributed by atoms with Gasteiger partial charge in [0.2, 0.25) is 0 Å². The predicted molar refractivity (Wildman–Crippen MR) is 80.4 cm³/mol. The topological polar surface area (TPSA) is 42.4 Å². The van der Waals surface area contributed by atoms with E-state index >= 15 is 0 Å². The van der Waals surface area contributed by atoms with Crippen molar-refractivity contribution in [3.63, 3.8) is 0 Å². The minimum atomic E-state index is 0.0746. The van der Waals surface area contributed by atoms with Crippen molar-refractivity contribution in [2.75, 3.05) is 18.1 Å². The van der Waals surface area contributed by atoms with Gasteiger partial charge in [-0.15, -0.1) is 0 Å². The van der Waals surface area contributed by atoms with E-state index in [9.17, 15) is 4.79 Å². The molecule has 0 N–H and O–H groups in total. The standard InChI is InChI=1S/C15H16N2O2S/c1-10-14(11(2)18)20-15(16-10)17-8-5-9-19-13-7-4-3-6-12(13)17/h3-4,6-7H,5,8-9H2,1-2H3. The van der Waals surface area contributed by atoms with Gasteiger partial charge in [0.15, 0.2) is 10.9 Å². The molecule has 0 spiro atoms. The van der Waals surface area contributed by atoms with Crippen molar-refractivity contribution in [3.8, 4) is 5.75 Å². The molecule has 2 heterocycles. The van der Waals surface area contributed by atoms with Crippen LogP contribution in [0.15, 0.2) is 24.3 Å². The Hall–Kier alpha value is -1.88. The van der Waals surface area contributed by atoms with Crippen molar-refractivity contribution in [1.29, 1.82) is 0 Å². The number of benzene rings is 1. The lowest BCUT2D eigenvalue weighted by Crippen LogP contribution is -2.17. The molecule has 1 aromatic carbocycles. The van der Waals surface area contributed by atoms with Crippen LogP contribution in [0.2, 0.25) is 0 Å². The molecule has 5 heteroatoms. The molecular formula is C15H16N2O2S. The second-order valence-corrected chi connectivity index (χ2v) is 5.77. The molecule has 0 bridgehead atoms. The largest absolute Gasteiger partial charge is 0.491 e. The molecule has 4 nitrogen and oxygen atoms in total. The first-order valence-corrected chi connectivity index (χ1v) is 7.46. The van der Waals surface area contributed by atoms with Crippen molar-refractivity contribution in [2.45, 2.75) is 20.3 Å². The molecule has 20 heavy (non-hydrogen) atoms. The smallest absolute Gasteiger partial charge is 0.190 e. The van der Waals surface area contributed by atoms with Crippen molar-refractivity contribution in [3.05, 3.63) is 34.8 Å². The number of anilines is 2. The first-order valence-electron chi connectivity index (χ1n) is 6.64. The number of carbonyl (C=O) groups excluding carboxylic acids is 1. The van der Waals surface area contributed by atoms with Gasteiger partial charge in [0.25, 0.3) is 0 Å². The third-order valence-corrected chi connectivity index (χ3v) is 4.56. The van der Waals surface area contributed by atoms with Gasteiger partial charge in [-0.2, -0.15) is 0 Å². The molecule has 0 amide bonds. The van der Waals surface area contributed by atoms with E-state index in [0.717, 1.165) is 40.1 Å². The summed E-state index contributed by atoms with van der Waals surface area (Å²) in [5.74, 6) is 0.952. The number of aryl methyl sites for hydroxylation is 1. The average Bonchev–Trinajstić information content (AvgIpc) is 2.70. The highest BCUT2D eigenvalue weighted by Gasteiger charge is 2.22. The first kappa shape index (κ1) is 13.1. The number of Topliss-reactive ketones (excluding diaryl/α,β-unsaturated/α-hetero) is 1. The second kappa shape index (κ2) is 5.25. The predicted octanol–water partition coefficient (Wildman–Crippen LogP) is 3.57. The minimum Gasteiger partial charge on any atom is -0.491 e. The molecule has 104 valence electrons. The number of rotatable bonds is 2. The number of ketones is 1. The molecule has 1 aromatic heterocycles. The summed E-state index contributed by atoms with van der Waals surface area (Å²) >= 11 is 1.46. The quantitative estimate of drug-likeness (QED) is 0.792. The van der Waals surface area contributed by atoms with Gasteiger partial charge in [-0.05, 0) is 25.5 Å². The lowest BCUT2D eigenvalue weighted by Gasteiger charge is -2.20. The van der Waals surface area contributed by atoms with Gasteiger partial charge >= 0.3 is 0 Å². The number of thiazole rings is 1. The van der Waals surface area contributed by atoms with Gasteiger partial charge in [-0.3, -0.25) is 4.79 Å². The molecule has 0 radical (unpaired) electrons. The molecule has 0 aliphatic carbocycles. The summed E-state index contributed by atoms with van der Waals surface area (Å²) < 4.78 is 5.75. The molecule has 0 atom stereocenters. The van der Waals surface area contributed by atoms with E-state index in [4.69, 9.17) is 4.74 Å². The summed E-state index contributed by atoms with van der Waals surface area (Å²) in [6.07, 6.45) is 0.933. The van der Waals surface area contributed by atoms with Crippen molar-refractivity contribution in [1.82, 2.24) is 4.98 Å². The SMILES string of the molecule is CC(=O)c1sc(N2CCCOc3ccccc32)nc1C. The van der Waals surface area contributed by atoms with Gasteiger partial charge in [-0.25, -0.2) is 4.98 Å². The van der Waals surface area contributed by atoms with Crippen LogP contribution in [0.1, 0.15) is 28.7 Å². The summed E-state index contributed by atoms with van der Waals surface area (Å²) in [6, 6.07) is 7.97. The molecule has 0 fully saturated rings. The molecule has 1 aliphatic heterocycles. The third kappa shape index (κ3) is 2.29. The lowest BCUT2D eigenvalue weighted by atomic mass is 10.2. The number of ether oxygens (including phenoxy) is 1. The van der Waals surface area contributed by atoms with E-state index in [-0.39, 0.29) is 5.78 Å². The Morgan fingerprint density at radius 1 is 1.40 bits per heavy atom. The van der Waals surface area contributed by atoms with Gasteiger partial charge in [0.1, 0.15) is 5.75 Å². The summed E-state index contributed by atoms with van der Waals surface area (Å²) in [4.78, 5) is 19.1. The highest BCUT2D eigenvalue weighted by atomic mass is 32.1. The number of hydrogen-bond donors (Lipinski definition) is 0. The molecule has 0 saturated heterocycles. The highest BCUT2D eigenvalue weighted by Crippen LogP contribution is 2.38. The van der Waals surface area contributed by atoms with E-state index in [1.807, 2.05) is 31.2 Å². The Labute approximate surface area is 122 Å². The monoisotopic (exact) mass is 288 g/mol. The van der Waals surface area contributed by atoms with Crippen LogP contribution in [0, 0.1) is 6.92 Å². The summed E-state index contributed by atoms with van der Waals surface area (Å²) in [5.41, 5.74) is 1.83. The number of fused-ring (bicyclic) bond motifs is 1. The molecule has 3 rings (SSSR count). The fraction of sp³-hybridized carbons (Fsp3) is 0.333. The van der Waals surface area contributed by atoms with Gasteiger partial charge in [0, 0.05) is 13.5 Å². The minimum absolute atomic E-state index is 0.0746. The average molecular weight is 288 g/mol. The van der Waals surface area contributed by atoms with Gasteiger partial charge in [0.05, 0.1) is 22.9 Å². The zero-order chi connectivity index (χ0) is 14.1. The van der Waals surface area contributed by atoms with Crippen LogP contribution < -0.4 is 9.64 Å². The van der Waals surface area contributed by atoms with Gasteiger partial charge < -0.3 is 9.64 Å². The summed E-state index contributed by atoms with van der Waals surface area (Å²) in [5, 5.41) is 0.866. The maximum Gasteiger partial charge on any atom is 0.190 e. The molecule has 0 unspecified atom stereocenters. The third-order valence-electron chi connectivity index (χ3n) is 3.28. The molecule has 1 aliphatic rings. The first-order chi connectivity index (χ1) is 9.66. The van der Waals surface area contributed by atoms with Crippen LogP contribution >= 0.6 is 11.3 Å². The molecule has 2 aromatic rings. The highest BCUT2D eigenvalue weighted by molar-refractivity contribution is 7.17. The maximum atomic E-state index is 11.6. The Morgan fingerprint density at radius 3 is 2.95 bits per heavy atom. The molecular weight excluding hydrogens is 272 g/mol. The Morgan fingerprint density at radius 2 is 2.20 bits per heavy atom. The van der Waals surface area contributed by atoms with Crippen molar-refractivity contribution < 1.29 is 9.53 Å². The zero-order valence-electron chi connectivity index (χ0n) is 11.5. The lowest BCUT2D eigenvalue weighted by molar-refractivity contribution is 0.102. The summed E-state index contributed by atoms with van der Waals surface area (Å²) in [7, 11) is 0. The van der Waals surface area contributed by atoms with E-state index in [1.165, 1.54) is 11.3 Å². The van der Waals surface area contributed by atoms with Gasteiger partial charge in [-0.1, -0.05) is 23.5 Å². The second-order valence-electron chi connectivity index (χ2n) is 4.79. The maximum absolute atomic E-state index is 11.6. The number of nitrogens with zero attached hydrogens (tertiary/aromatic N) is 2. The van der Waals surface area contributed by atoms with Crippen molar-refractivity contribution in [2.24, 2.45) is 0 Å². The number of hydrogen-bond acceptors (Lipinski definition) is 5. The number of carbonyl (C=O) groups is 1. The van der Waals surface area contributed by atoms with Crippen LogP contribution in [0.25, 0.3) is 0 Å². The van der Waals surface area contributed by atoms with E-state index in [0.29, 0.717) is 6.61 Å². The number of para-hydroxylation sites is 2. The van der Waals surface area contributed by atoms with Crippen LogP contribution in [-0.2, 0) is 0 Å². The van der Waals surface area contributed by atoms with E-state index < -0.39 is 0 Å². The normalized spacial score (nSPS) is 14.4. The Kier molecular flexibility index (Phi) is 3.44. The fourth-order valence-corrected chi connectivity index (χ4v) is 3.35. The van der Waals surface area contributed by atoms with Crippen molar-refractivity contribution >= 4 is 27.9 Å². The number of aromatic nitrogens is 1. The Bertz CT molecular complexity index is 651. The zero-order valence-corrected chi connectivity index (χ0v) is 12.4. The van der Waals surface area contributed by atoms with E-state index in [2.05, 4.69) is 9.88 Å². The van der Waals surface area contributed by atoms with Crippen LogP contribution in [-0.4, -0.2) is 23.9 Å².